The predicted octanol–water partition coefficient (Wildman–Crippen LogP) is 0.729. The molecule has 0 spiro atoms. The van der Waals surface area contributed by atoms with Crippen LogP contribution in [-0.4, -0.2) is 42.8 Å². The maximum atomic E-state index is 11.5. The number of amides is 1. The first kappa shape index (κ1) is 13.6. The number of rotatable bonds is 3. The molecule has 1 atom stereocenters. The van der Waals surface area contributed by atoms with E-state index in [1.807, 2.05) is 0 Å². The Morgan fingerprint density at radius 3 is 2.84 bits per heavy atom. The molecule has 19 heavy (non-hydrogen) atoms. The second-order valence-electron chi connectivity index (χ2n) is 4.12. The largest absolute Gasteiger partial charge is 0.480 e. The molecule has 1 saturated heterocycles. The molecule has 1 aliphatic rings. The quantitative estimate of drug-likeness (QED) is 0.853. The van der Waals surface area contributed by atoms with Gasteiger partial charge in [0.25, 0.3) is 5.91 Å². The van der Waals surface area contributed by atoms with Crippen LogP contribution in [0.25, 0.3) is 0 Å². The van der Waals surface area contributed by atoms with Crippen LogP contribution in [0.3, 0.4) is 0 Å². The highest BCUT2D eigenvalue weighted by Gasteiger charge is 2.31. The number of morpholine rings is 1. The van der Waals surface area contributed by atoms with Gasteiger partial charge >= 0.3 is 5.97 Å². The van der Waals surface area contributed by atoms with E-state index in [2.05, 4.69) is 0 Å². The van der Waals surface area contributed by atoms with E-state index in [1.54, 1.807) is 23.1 Å². The van der Waals surface area contributed by atoms with Crippen LogP contribution < -0.4 is 10.6 Å². The highest BCUT2D eigenvalue weighted by atomic mass is 35.5. The summed E-state index contributed by atoms with van der Waals surface area (Å²) < 4.78 is 5.15. The normalized spacial score (nSPS) is 19.2. The van der Waals surface area contributed by atoms with Gasteiger partial charge < -0.3 is 20.5 Å². The average molecular weight is 285 g/mol. The molecule has 2 rings (SSSR count). The van der Waals surface area contributed by atoms with Crippen molar-refractivity contribution in [2.75, 3.05) is 24.7 Å². The summed E-state index contributed by atoms with van der Waals surface area (Å²) in [5.41, 5.74) is 5.88. The van der Waals surface area contributed by atoms with Gasteiger partial charge in [-0.05, 0) is 12.1 Å². The predicted molar refractivity (Wildman–Crippen MR) is 69.6 cm³/mol. The lowest BCUT2D eigenvalue weighted by atomic mass is 10.1. The summed E-state index contributed by atoms with van der Waals surface area (Å²) in [7, 11) is 0. The Morgan fingerprint density at radius 1 is 1.47 bits per heavy atom. The fourth-order valence-corrected chi connectivity index (χ4v) is 2.36. The Labute approximate surface area is 114 Å². The molecule has 1 fully saturated rings. The summed E-state index contributed by atoms with van der Waals surface area (Å²) in [6.45, 7) is 0.798. The van der Waals surface area contributed by atoms with Crippen molar-refractivity contribution in [1.29, 1.82) is 0 Å². The van der Waals surface area contributed by atoms with Crippen LogP contribution in [0.1, 0.15) is 10.4 Å². The molecule has 0 radical (unpaired) electrons. The number of primary amides is 1. The molecule has 102 valence electrons. The Bertz CT molecular complexity index is 520. The van der Waals surface area contributed by atoms with Gasteiger partial charge in [-0.1, -0.05) is 17.7 Å². The number of anilines is 1. The van der Waals surface area contributed by atoms with Gasteiger partial charge in [0.15, 0.2) is 6.04 Å². The minimum absolute atomic E-state index is 0.0556. The zero-order chi connectivity index (χ0) is 14.0. The molecule has 1 unspecified atom stereocenters. The smallest absolute Gasteiger partial charge is 0.328 e. The Morgan fingerprint density at radius 2 is 2.21 bits per heavy atom. The summed E-state index contributed by atoms with van der Waals surface area (Å²) in [5.74, 6) is -1.70. The first-order chi connectivity index (χ1) is 9.02. The highest BCUT2D eigenvalue weighted by Crippen LogP contribution is 2.29. The number of aliphatic carboxylic acids is 1. The van der Waals surface area contributed by atoms with Gasteiger partial charge in [-0.15, -0.1) is 0 Å². The zero-order valence-electron chi connectivity index (χ0n) is 10.0. The number of nitrogens with zero attached hydrogens (tertiary/aromatic N) is 1. The van der Waals surface area contributed by atoms with Crippen LogP contribution in [-0.2, 0) is 9.53 Å². The van der Waals surface area contributed by atoms with Crippen LogP contribution >= 0.6 is 11.6 Å². The van der Waals surface area contributed by atoms with Gasteiger partial charge in [0.1, 0.15) is 0 Å². The lowest BCUT2D eigenvalue weighted by Crippen LogP contribution is -2.50. The lowest BCUT2D eigenvalue weighted by molar-refractivity contribution is -0.141. The van der Waals surface area contributed by atoms with Crippen LogP contribution in [0.4, 0.5) is 5.69 Å². The van der Waals surface area contributed by atoms with E-state index in [9.17, 15) is 14.7 Å². The van der Waals surface area contributed by atoms with Crippen LogP contribution in [0.5, 0.6) is 0 Å². The minimum Gasteiger partial charge on any atom is -0.480 e. The number of hydrogen-bond acceptors (Lipinski definition) is 4. The monoisotopic (exact) mass is 284 g/mol. The van der Waals surface area contributed by atoms with Gasteiger partial charge in [0, 0.05) is 6.54 Å². The average Bonchev–Trinajstić information content (AvgIpc) is 2.37. The molecule has 0 saturated carbocycles. The number of benzene rings is 1. The van der Waals surface area contributed by atoms with Gasteiger partial charge in [0.05, 0.1) is 29.5 Å². The van der Waals surface area contributed by atoms with Crippen molar-refractivity contribution in [2.45, 2.75) is 6.04 Å². The third kappa shape index (κ3) is 2.64. The second-order valence-corrected chi connectivity index (χ2v) is 4.53. The maximum Gasteiger partial charge on any atom is 0.328 e. The van der Waals surface area contributed by atoms with Crippen molar-refractivity contribution in [2.24, 2.45) is 5.73 Å². The molecule has 1 aromatic carbocycles. The van der Waals surface area contributed by atoms with Crippen molar-refractivity contribution in [1.82, 2.24) is 0 Å². The molecule has 0 aromatic heterocycles. The van der Waals surface area contributed by atoms with E-state index in [0.717, 1.165) is 0 Å². The van der Waals surface area contributed by atoms with Crippen LogP contribution in [0.15, 0.2) is 18.2 Å². The fourth-order valence-electron chi connectivity index (χ4n) is 2.09. The van der Waals surface area contributed by atoms with E-state index in [0.29, 0.717) is 18.8 Å². The zero-order valence-corrected chi connectivity index (χ0v) is 10.8. The number of carbonyl (C=O) groups excluding carboxylic acids is 1. The third-order valence-corrected chi connectivity index (χ3v) is 3.28. The molecule has 7 heteroatoms. The molecule has 0 bridgehead atoms. The van der Waals surface area contributed by atoms with Gasteiger partial charge in [-0.2, -0.15) is 0 Å². The summed E-state index contributed by atoms with van der Waals surface area (Å²) >= 11 is 5.96. The third-order valence-electron chi connectivity index (χ3n) is 2.96. The molecule has 6 nitrogen and oxygen atoms in total. The Hall–Kier alpha value is -1.79. The Kier molecular flexibility index (Phi) is 3.92. The highest BCUT2D eigenvalue weighted by molar-refractivity contribution is 6.34. The number of carboxylic acid groups (broad SMARTS) is 1. The van der Waals surface area contributed by atoms with Crippen molar-refractivity contribution in [3.05, 3.63) is 28.8 Å². The van der Waals surface area contributed by atoms with E-state index in [1.165, 1.54) is 0 Å². The number of nitrogens with two attached hydrogens (primary N) is 1. The van der Waals surface area contributed by atoms with Crippen molar-refractivity contribution < 1.29 is 19.4 Å². The number of hydrogen-bond donors (Lipinski definition) is 2. The summed E-state index contributed by atoms with van der Waals surface area (Å²) in [6, 6.07) is 3.97. The number of carbonyl (C=O) groups is 2. The van der Waals surface area contributed by atoms with Crippen molar-refractivity contribution >= 4 is 29.2 Å². The SMILES string of the molecule is NC(=O)c1c(Cl)cccc1N1CCOCC1C(=O)O. The number of ether oxygens (including phenoxy) is 1. The van der Waals surface area contributed by atoms with E-state index < -0.39 is 17.9 Å². The Balaban J connectivity index is 2.47. The first-order valence-electron chi connectivity index (χ1n) is 5.68. The lowest BCUT2D eigenvalue weighted by Gasteiger charge is -2.35. The number of carboxylic acids is 1. The number of halogens is 1. The molecule has 3 N–H and O–H groups in total. The summed E-state index contributed by atoms with van der Waals surface area (Å²) in [5, 5.41) is 9.41. The van der Waals surface area contributed by atoms with E-state index in [4.69, 9.17) is 22.1 Å². The van der Waals surface area contributed by atoms with Crippen molar-refractivity contribution in [3.8, 4) is 0 Å². The van der Waals surface area contributed by atoms with E-state index >= 15 is 0 Å². The van der Waals surface area contributed by atoms with Gasteiger partial charge in [-0.25, -0.2) is 4.79 Å². The van der Waals surface area contributed by atoms with E-state index in [-0.39, 0.29) is 17.2 Å². The van der Waals surface area contributed by atoms with Crippen molar-refractivity contribution in [3.63, 3.8) is 0 Å². The second kappa shape index (κ2) is 5.46. The standard InChI is InChI=1S/C12H13ClN2O4/c13-7-2-1-3-8(10(7)11(14)16)15-4-5-19-6-9(15)12(17)18/h1-3,9H,4-6H2,(H2,14,16)(H,17,18). The van der Waals surface area contributed by atoms with Crippen LogP contribution in [0.2, 0.25) is 5.02 Å². The molecule has 1 aliphatic heterocycles. The summed E-state index contributed by atoms with van der Waals surface area (Å²) in [4.78, 5) is 24.3. The topological polar surface area (TPSA) is 92.9 Å². The molecule has 1 heterocycles. The van der Waals surface area contributed by atoms with Gasteiger partial charge in [0.2, 0.25) is 0 Å². The molecular formula is C12H13ClN2O4. The minimum atomic E-state index is -1.02. The maximum absolute atomic E-state index is 11.5. The first-order valence-corrected chi connectivity index (χ1v) is 6.05. The molecular weight excluding hydrogens is 272 g/mol. The summed E-state index contributed by atoms with van der Waals surface area (Å²) in [6.07, 6.45) is 0. The molecule has 1 aromatic rings. The molecule has 1 amide bonds. The van der Waals surface area contributed by atoms with Gasteiger partial charge in [-0.3, -0.25) is 4.79 Å². The fraction of sp³-hybridized carbons (Fsp3) is 0.333. The molecule has 0 aliphatic carbocycles. The van der Waals surface area contributed by atoms with Crippen LogP contribution in [0, 0.1) is 0 Å².